The van der Waals surface area contributed by atoms with E-state index in [0.29, 0.717) is 12.8 Å². The molecule has 1 saturated heterocycles. The summed E-state index contributed by atoms with van der Waals surface area (Å²) in [4.78, 5) is 10.8. The molecule has 16 heavy (non-hydrogen) atoms. The second-order valence-corrected chi connectivity index (χ2v) is 5.73. The van der Waals surface area contributed by atoms with Gasteiger partial charge in [-0.25, -0.2) is 8.42 Å². The Morgan fingerprint density at radius 1 is 1.56 bits per heavy atom. The summed E-state index contributed by atoms with van der Waals surface area (Å²) in [7, 11) is -3.53. The highest BCUT2D eigenvalue weighted by Gasteiger charge is 2.37. The number of carboxylic acids is 1. The number of aliphatic carboxylic acids is 1. The maximum atomic E-state index is 11.8. The van der Waals surface area contributed by atoms with Crippen molar-refractivity contribution in [1.29, 1.82) is 5.26 Å². The van der Waals surface area contributed by atoms with Crippen molar-refractivity contribution in [2.45, 2.75) is 31.7 Å². The largest absolute Gasteiger partial charge is 0.480 e. The first-order valence-corrected chi connectivity index (χ1v) is 6.69. The van der Waals surface area contributed by atoms with Gasteiger partial charge in [0, 0.05) is 13.0 Å². The van der Waals surface area contributed by atoms with Gasteiger partial charge in [-0.1, -0.05) is 0 Å². The van der Waals surface area contributed by atoms with Crippen LogP contribution in [0.3, 0.4) is 0 Å². The molecule has 1 aliphatic heterocycles. The quantitative estimate of drug-likeness (QED) is 0.697. The lowest BCUT2D eigenvalue weighted by molar-refractivity contribution is -0.140. The molecule has 0 aromatic rings. The van der Waals surface area contributed by atoms with Crippen molar-refractivity contribution < 1.29 is 18.3 Å². The summed E-state index contributed by atoms with van der Waals surface area (Å²) < 4.78 is 24.6. The van der Waals surface area contributed by atoms with Crippen LogP contribution in [0.1, 0.15) is 25.7 Å². The van der Waals surface area contributed by atoms with Crippen LogP contribution in [0, 0.1) is 11.3 Å². The third-order valence-corrected chi connectivity index (χ3v) is 4.49. The maximum Gasteiger partial charge on any atom is 0.322 e. The van der Waals surface area contributed by atoms with Crippen LogP contribution in [0.2, 0.25) is 0 Å². The van der Waals surface area contributed by atoms with Gasteiger partial charge in [0.05, 0.1) is 11.8 Å². The molecule has 1 fully saturated rings. The average Bonchev–Trinajstić information content (AvgIpc) is 2.66. The molecule has 0 aliphatic carbocycles. The molecule has 0 spiro atoms. The van der Waals surface area contributed by atoms with Gasteiger partial charge in [0.2, 0.25) is 10.0 Å². The standard InChI is InChI=1S/C9H14N2O4S/c10-5-1-2-7-16(14,15)11-6-3-4-8(11)9(12)13/h8H,1-4,6-7H2,(H,12,13). The van der Waals surface area contributed by atoms with Gasteiger partial charge in [0.1, 0.15) is 6.04 Å². The summed E-state index contributed by atoms with van der Waals surface area (Å²) in [5.41, 5.74) is 0. The van der Waals surface area contributed by atoms with Crippen molar-refractivity contribution in [3.63, 3.8) is 0 Å². The van der Waals surface area contributed by atoms with Gasteiger partial charge >= 0.3 is 5.97 Å². The second-order valence-electron chi connectivity index (χ2n) is 3.68. The number of carboxylic acid groups (broad SMARTS) is 1. The molecular weight excluding hydrogens is 232 g/mol. The van der Waals surface area contributed by atoms with Crippen LogP contribution in [0.25, 0.3) is 0 Å². The van der Waals surface area contributed by atoms with Crippen molar-refractivity contribution in [3.05, 3.63) is 0 Å². The fraction of sp³-hybridized carbons (Fsp3) is 0.778. The number of sulfonamides is 1. The number of carbonyl (C=O) groups is 1. The van der Waals surface area contributed by atoms with Gasteiger partial charge in [-0.3, -0.25) is 4.79 Å². The van der Waals surface area contributed by atoms with Gasteiger partial charge in [-0.05, 0) is 19.3 Å². The lowest BCUT2D eigenvalue weighted by Crippen LogP contribution is -2.41. The number of unbranched alkanes of at least 4 members (excludes halogenated alkanes) is 1. The molecular formula is C9H14N2O4S. The SMILES string of the molecule is N#CCCCS(=O)(=O)N1CCCC1C(=O)O. The predicted octanol–water partition coefficient (Wildman–Crippen LogP) is 0.169. The highest BCUT2D eigenvalue weighted by Crippen LogP contribution is 2.22. The number of rotatable bonds is 5. The van der Waals surface area contributed by atoms with E-state index in [-0.39, 0.29) is 25.1 Å². The van der Waals surface area contributed by atoms with Crippen LogP contribution in [-0.2, 0) is 14.8 Å². The molecule has 0 amide bonds. The van der Waals surface area contributed by atoms with Crippen molar-refractivity contribution in [1.82, 2.24) is 4.31 Å². The molecule has 1 unspecified atom stereocenters. The Bertz CT molecular complexity index is 398. The molecule has 1 heterocycles. The van der Waals surface area contributed by atoms with E-state index in [9.17, 15) is 13.2 Å². The zero-order chi connectivity index (χ0) is 12.2. The van der Waals surface area contributed by atoms with Gasteiger partial charge in [0.15, 0.2) is 0 Å². The third-order valence-electron chi connectivity index (χ3n) is 2.54. The Labute approximate surface area is 94.5 Å². The van der Waals surface area contributed by atoms with E-state index in [0.717, 1.165) is 4.31 Å². The summed E-state index contributed by atoms with van der Waals surface area (Å²) in [6, 6.07) is 0.942. The van der Waals surface area contributed by atoms with Crippen molar-refractivity contribution in [3.8, 4) is 6.07 Å². The number of nitriles is 1. The molecule has 0 radical (unpaired) electrons. The van der Waals surface area contributed by atoms with Crippen molar-refractivity contribution in [2.75, 3.05) is 12.3 Å². The van der Waals surface area contributed by atoms with Gasteiger partial charge in [-0.15, -0.1) is 0 Å². The second kappa shape index (κ2) is 5.27. The topological polar surface area (TPSA) is 98.5 Å². The molecule has 90 valence electrons. The first-order chi connectivity index (χ1) is 7.49. The van der Waals surface area contributed by atoms with Crippen LogP contribution in [0.5, 0.6) is 0 Å². The van der Waals surface area contributed by atoms with Crippen LogP contribution in [-0.4, -0.2) is 42.1 Å². The molecule has 1 atom stereocenters. The minimum atomic E-state index is -3.53. The van der Waals surface area contributed by atoms with E-state index >= 15 is 0 Å². The number of hydrogen-bond donors (Lipinski definition) is 1. The van der Waals surface area contributed by atoms with Crippen molar-refractivity contribution in [2.24, 2.45) is 0 Å². The maximum absolute atomic E-state index is 11.8. The summed E-state index contributed by atoms with van der Waals surface area (Å²) in [5, 5.41) is 17.2. The van der Waals surface area contributed by atoms with E-state index in [1.54, 1.807) is 0 Å². The van der Waals surface area contributed by atoms with Gasteiger partial charge in [0.25, 0.3) is 0 Å². The normalized spacial score (nSPS) is 21.8. The number of nitrogens with zero attached hydrogens (tertiary/aromatic N) is 2. The summed E-state index contributed by atoms with van der Waals surface area (Å²) in [5.74, 6) is -1.24. The van der Waals surface area contributed by atoms with E-state index in [2.05, 4.69) is 0 Å². The highest BCUT2D eigenvalue weighted by atomic mass is 32.2. The summed E-state index contributed by atoms with van der Waals surface area (Å²) in [6.45, 7) is 0.270. The highest BCUT2D eigenvalue weighted by molar-refractivity contribution is 7.89. The minimum Gasteiger partial charge on any atom is -0.480 e. The monoisotopic (exact) mass is 246 g/mol. The van der Waals surface area contributed by atoms with Gasteiger partial charge < -0.3 is 5.11 Å². The molecule has 6 nitrogen and oxygen atoms in total. The van der Waals surface area contributed by atoms with Crippen LogP contribution in [0.15, 0.2) is 0 Å². The van der Waals surface area contributed by atoms with Crippen LogP contribution >= 0.6 is 0 Å². The lowest BCUT2D eigenvalue weighted by Gasteiger charge is -2.20. The molecule has 1 rings (SSSR count). The predicted molar refractivity (Wildman–Crippen MR) is 56.0 cm³/mol. The average molecular weight is 246 g/mol. The molecule has 0 saturated carbocycles. The Morgan fingerprint density at radius 3 is 2.81 bits per heavy atom. The molecule has 1 N–H and O–H groups in total. The lowest BCUT2D eigenvalue weighted by atomic mass is 10.2. The fourth-order valence-electron chi connectivity index (χ4n) is 1.77. The minimum absolute atomic E-state index is 0.148. The van der Waals surface area contributed by atoms with Crippen LogP contribution < -0.4 is 0 Å². The molecule has 0 aromatic heterocycles. The Morgan fingerprint density at radius 2 is 2.25 bits per heavy atom. The smallest absolute Gasteiger partial charge is 0.322 e. The summed E-state index contributed by atoms with van der Waals surface area (Å²) >= 11 is 0. The molecule has 1 aliphatic rings. The van der Waals surface area contributed by atoms with Crippen LogP contribution in [0.4, 0.5) is 0 Å². The zero-order valence-corrected chi connectivity index (χ0v) is 9.61. The number of hydrogen-bond acceptors (Lipinski definition) is 4. The van der Waals surface area contributed by atoms with E-state index in [1.807, 2.05) is 6.07 Å². The zero-order valence-electron chi connectivity index (χ0n) is 8.79. The Kier molecular flexibility index (Phi) is 4.26. The van der Waals surface area contributed by atoms with E-state index in [4.69, 9.17) is 10.4 Å². The third kappa shape index (κ3) is 2.93. The molecule has 7 heteroatoms. The van der Waals surface area contributed by atoms with E-state index < -0.39 is 22.0 Å². The molecule has 0 bridgehead atoms. The fourth-order valence-corrected chi connectivity index (χ4v) is 3.51. The van der Waals surface area contributed by atoms with Gasteiger partial charge in [-0.2, -0.15) is 9.57 Å². The Hall–Kier alpha value is -1.13. The first kappa shape index (κ1) is 12.9. The van der Waals surface area contributed by atoms with Crippen molar-refractivity contribution >= 4 is 16.0 Å². The summed E-state index contributed by atoms with van der Waals surface area (Å²) in [6.07, 6.45) is 1.37. The molecule has 0 aromatic carbocycles. The Balaban J connectivity index is 2.68. The first-order valence-electron chi connectivity index (χ1n) is 5.08. The van der Waals surface area contributed by atoms with E-state index in [1.165, 1.54) is 0 Å².